The highest BCUT2D eigenvalue weighted by molar-refractivity contribution is 5.35. The molecule has 4 nitrogen and oxygen atoms in total. The number of pyridine rings is 1. The molecule has 0 unspecified atom stereocenters. The van der Waals surface area contributed by atoms with Crippen molar-refractivity contribution < 1.29 is 9.47 Å². The number of methoxy groups -OCH3 is 1. The fraction of sp³-hybridized carbons (Fsp3) is 0.400. The van der Waals surface area contributed by atoms with Crippen LogP contribution in [0.3, 0.4) is 0 Å². The van der Waals surface area contributed by atoms with Gasteiger partial charge in [0.1, 0.15) is 17.5 Å². The number of rotatable bonds is 3. The summed E-state index contributed by atoms with van der Waals surface area (Å²) in [4.78, 5) is 3.93. The summed E-state index contributed by atoms with van der Waals surface area (Å²) in [5, 5.41) is 8.71. The minimum absolute atomic E-state index is 0.314. The predicted octanol–water partition coefficient (Wildman–Crippen LogP) is 1.50. The molecule has 2 rings (SSSR count). The highest BCUT2D eigenvalue weighted by Crippen LogP contribution is 2.28. The lowest BCUT2D eigenvalue weighted by Gasteiger charge is -2.05. The van der Waals surface area contributed by atoms with Gasteiger partial charge in [-0.25, -0.2) is 4.98 Å². The summed E-state index contributed by atoms with van der Waals surface area (Å²) in [5.41, 5.74) is 0.319. The summed E-state index contributed by atoms with van der Waals surface area (Å²) in [6, 6.07) is 5.28. The fourth-order valence-electron chi connectivity index (χ4n) is 1.09. The molecule has 0 N–H and O–H groups in total. The monoisotopic (exact) mass is 190 g/mol. The first kappa shape index (κ1) is 8.82. The zero-order chi connectivity index (χ0) is 9.97. The summed E-state index contributed by atoms with van der Waals surface area (Å²) < 4.78 is 10.5. The molecule has 0 radical (unpaired) electrons. The molecule has 0 saturated heterocycles. The third-order valence-electron chi connectivity index (χ3n) is 1.93. The van der Waals surface area contributed by atoms with Crippen molar-refractivity contribution in [2.24, 2.45) is 0 Å². The first-order valence-electron chi connectivity index (χ1n) is 4.44. The topological polar surface area (TPSA) is 55.1 Å². The Morgan fingerprint density at radius 1 is 1.50 bits per heavy atom. The molecule has 14 heavy (non-hydrogen) atoms. The molecule has 72 valence electrons. The number of nitriles is 1. The largest absolute Gasteiger partial charge is 0.490 e. The normalized spacial score (nSPS) is 14.6. The third kappa shape index (κ3) is 1.94. The van der Waals surface area contributed by atoms with Gasteiger partial charge in [0.2, 0.25) is 5.88 Å². The zero-order valence-electron chi connectivity index (χ0n) is 7.86. The fourth-order valence-corrected chi connectivity index (χ4v) is 1.09. The van der Waals surface area contributed by atoms with Crippen LogP contribution in [-0.2, 0) is 0 Å². The molecular formula is C10H10N2O2. The van der Waals surface area contributed by atoms with Crippen LogP contribution in [0.5, 0.6) is 11.6 Å². The van der Waals surface area contributed by atoms with Crippen molar-refractivity contribution in [3.05, 3.63) is 17.8 Å². The van der Waals surface area contributed by atoms with Gasteiger partial charge in [-0.15, -0.1) is 0 Å². The molecule has 0 spiro atoms. The Morgan fingerprint density at radius 3 is 2.86 bits per heavy atom. The van der Waals surface area contributed by atoms with Gasteiger partial charge in [0.05, 0.1) is 13.2 Å². The lowest BCUT2D eigenvalue weighted by atomic mass is 10.3. The molecule has 4 heteroatoms. The standard InChI is InChI=1S/C10H10N2O2/c1-13-10-5-9(14-8-2-3-8)4-7(6-11)12-10/h4-5,8H,2-3H2,1H3. The quantitative estimate of drug-likeness (QED) is 0.724. The second kappa shape index (κ2) is 3.54. The number of hydrogen-bond acceptors (Lipinski definition) is 4. The van der Waals surface area contributed by atoms with E-state index < -0.39 is 0 Å². The summed E-state index contributed by atoms with van der Waals surface area (Å²) in [6.07, 6.45) is 2.49. The Bertz CT molecular complexity index is 380. The Morgan fingerprint density at radius 2 is 2.29 bits per heavy atom. The molecule has 0 amide bonds. The van der Waals surface area contributed by atoms with Crippen molar-refractivity contribution in [1.82, 2.24) is 4.98 Å². The molecule has 1 aromatic heterocycles. The number of aromatic nitrogens is 1. The first-order valence-corrected chi connectivity index (χ1v) is 4.44. The van der Waals surface area contributed by atoms with E-state index >= 15 is 0 Å². The van der Waals surface area contributed by atoms with Crippen LogP contribution in [0.15, 0.2) is 12.1 Å². The maximum atomic E-state index is 8.71. The van der Waals surface area contributed by atoms with E-state index in [0.29, 0.717) is 23.4 Å². The molecule has 1 heterocycles. The minimum atomic E-state index is 0.314. The van der Waals surface area contributed by atoms with E-state index in [1.807, 2.05) is 6.07 Å². The van der Waals surface area contributed by atoms with Gasteiger partial charge in [0, 0.05) is 12.1 Å². The van der Waals surface area contributed by atoms with Gasteiger partial charge in [-0.3, -0.25) is 0 Å². The molecule has 0 atom stereocenters. The zero-order valence-corrected chi connectivity index (χ0v) is 7.86. The van der Waals surface area contributed by atoms with E-state index in [1.54, 1.807) is 12.1 Å². The Labute approximate surface area is 82.1 Å². The van der Waals surface area contributed by atoms with E-state index in [9.17, 15) is 0 Å². The summed E-state index contributed by atoms with van der Waals surface area (Å²) in [6.45, 7) is 0. The second-order valence-electron chi connectivity index (χ2n) is 3.16. The molecule has 1 aromatic rings. The molecule has 1 saturated carbocycles. The molecule has 1 aliphatic carbocycles. The van der Waals surface area contributed by atoms with E-state index in [1.165, 1.54) is 7.11 Å². The van der Waals surface area contributed by atoms with E-state index in [0.717, 1.165) is 12.8 Å². The van der Waals surface area contributed by atoms with Gasteiger partial charge in [-0.05, 0) is 12.8 Å². The smallest absolute Gasteiger partial charge is 0.217 e. The lowest BCUT2D eigenvalue weighted by Crippen LogP contribution is -1.98. The van der Waals surface area contributed by atoms with Gasteiger partial charge in [-0.1, -0.05) is 0 Å². The molecule has 0 aromatic carbocycles. The molecule has 1 aliphatic rings. The van der Waals surface area contributed by atoms with Gasteiger partial charge >= 0.3 is 0 Å². The van der Waals surface area contributed by atoms with Gasteiger partial charge in [0.15, 0.2) is 0 Å². The Hall–Kier alpha value is -1.76. The maximum absolute atomic E-state index is 8.71. The lowest BCUT2D eigenvalue weighted by molar-refractivity contribution is 0.299. The van der Waals surface area contributed by atoms with E-state index in [4.69, 9.17) is 14.7 Å². The van der Waals surface area contributed by atoms with Crippen molar-refractivity contribution in [2.45, 2.75) is 18.9 Å². The number of nitrogens with zero attached hydrogens (tertiary/aromatic N) is 2. The maximum Gasteiger partial charge on any atom is 0.217 e. The highest BCUT2D eigenvalue weighted by Gasteiger charge is 2.23. The van der Waals surface area contributed by atoms with Crippen LogP contribution in [0, 0.1) is 11.3 Å². The molecule has 1 fully saturated rings. The van der Waals surface area contributed by atoms with Crippen LogP contribution in [0.25, 0.3) is 0 Å². The highest BCUT2D eigenvalue weighted by atomic mass is 16.5. The summed E-state index contributed by atoms with van der Waals surface area (Å²) >= 11 is 0. The predicted molar refractivity (Wildman–Crippen MR) is 49.2 cm³/mol. The Kier molecular flexibility index (Phi) is 2.23. The van der Waals surface area contributed by atoms with Crippen molar-refractivity contribution >= 4 is 0 Å². The molecule has 0 aliphatic heterocycles. The Balaban J connectivity index is 2.24. The molecule has 0 bridgehead atoms. The van der Waals surface area contributed by atoms with Crippen LogP contribution in [0.4, 0.5) is 0 Å². The van der Waals surface area contributed by atoms with Crippen LogP contribution >= 0.6 is 0 Å². The SMILES string of the molecule is COc1cc(OC2CC2)cc(C#N)n1. The van der Waals surface area contributed by atoms with Crippen molar-refractivity contribution in [1.29, 1.82) is 5.26 Å². The average Bonchev–Trinajstić information content (AvgIpc) is 3.01. The van der Waals surface area contributed by atoms with Crippen molar-refractivity contribution in [2.75, 3.05) is 7.11 Å². The van der Waals surface area contributed by atoms with Gasteiger partial charge in [0.25, 0.3) is 0 Å². The van der Waals surface area contributed by atoms with Gasteiger partial charge in [-0.2, -0.15) is 5.26 Å². The first-order chi connectivity index (χ1) is 6.81. The summed E-state index contributed by atoms with van der Waals surface area (Å²) in [5.74, 6) is 1.08. The third-order valence-corrected chi connectivity index (χ3v) is 1.93. The van der Waals surface area contributed by atoms with Crippen LogP contribution < -0.4 is 9.47 Å². The van der Waals surface area contributed by atoms with E-state index in [2.05, 4.69) is 4.98 Å². The van der Waals surface area contributed by atoms with Gasteiger partial charge < -0.3 is 9.47 Å². The number of ether oxygens (including phenoxy) is 2. The molecular weight excluding hydrogens is 180 g/mol. The number of hydrogen-bond donors (Lipinski definition) is 0. The van der Waals surface area contributed by atoms with Crippen molar-refractivity contribution in [3.63, 3.8) is 0 Å². The minimum Gasteiger partial charge on any atom is -0.490 e. The summed E-state index contributed by atoms with van der Waals surface area (Å²) in [7, 11) is 1.52. The second-order valence-corrected chi connectivity index (χ2v) is 3.16. The van der Waals surface area contributed by atoms with Crippen LogP contribution in [0.2, 0.25) is 0 Å². The van der Waals surface area contributed by atoms with E-state index in [-0.39, 0.29) is 0 Å². The van der Waals surface area contributed by atoms with Crippen LogP contribution in [-0.4, -0.2) is 18.2 Å². The average molecular weight is 190 g/mol. The van der Waals surface area contributed by atoms with Crippen molar-refractivity contribution in [3.8, 4) is 17.7 Å². The van der Waals surface area contributed by atoms with Crippen LogP contribution in [0.1, 0.15) is 18.5 Å².